The number of hydrogen-bond acceptors (Lipinski definition) is 5. The van der Waals surface area contributed by atoms with Crippen LogP contribution in [0, 0.1) is 0 Å². The van der Waals surface area contributed by atoms with Crippen LogP contribution in [0.4, 0.5) is 0 Å². The van der Waals surface area contributed by atoms with E-state index in [1.54, 1.807) is 16.7 Å². The maximum atomic E-state index is 13.0. The van der Waals surface area contributed by atoms with Crippen LogP contribution in [0.1, 0.15) is 53.5 Å². The largest absolute Gasteiger partial charge is 0.476 e. The van der Waals surface area contributed by atoms with Gasteiger partial charge in [-0.25, -0.2) is 9.48 Å². The van der Waals surface area contributed by atoms with E-state index in [0.29, 0.717) is 26.1 Å². The zero-order chi connectivity index (χ0) is 20.5. The van der Waals surface area contributed by atoms with Crippen LogP contribution < -0.4 is 0 Å². The number of fused-ring (bicyclic) bond motifs is 1. The number of benzene rings is 1. The van der Waals surface area contributed by atoms with Crippen molar-refractivity contribution in [3.8, 4) is 0 Å². The quantitative estimate of drug-likeness (QED) is 0.833. The highest BCUT2D eigenvalue weighted by Gasteiger charge is 2.34. The summed E-state index contributed by atoms with van der Waals surface area (Å²) in [6.45, 7) is 3.18. The Labute approximate surface area is 167 Å². The van der Waals surface area contributed by atoms with Crippen LogP contribution in [0.2, 0.25) is 0 Å². The molecule has 4 rings (SSSR count). The summed E-state index contributed by atoms with van der Waals surface area (Å²) in [6.07, 6.45) is 3.12. The van der Waals surface area contributed by atoms with E-state index in [-0.39, 0.29) is 36.0 Å². The molecule has 1 aromatic carbocycles. The Morgan fingerprint density at radius 3 is 2.72 bits per heavy atom. The van der Waals surface area contributed by atoms with E-state index in [9.17, 15) is 14.4 Å². The molecule has 152 valence electrons. The van der Waals surface area contributed by atoms with E-state index in [1.165, 1.54) is 16.4 Å². The van der Waals surface area contributed by atoms with Crippen molar-refractivity contribution < 1.29 is 19.5 Å². The van der Waals surface area contributed by atoms with Crippen molar-refractivity contribution in [3.05, 3.63) is 47.3 Å². The monoisotopic (exact) mass is 397 g/mol. The van der Waals surface area contributed by atoms with Gasteiger partial charge in [-0.05, 0) is 24.0 Å². The van der Waals surface area contributed by atoms with Gasteiger partial charge in [0, 0.05) is 26.6 Å². The molecule has 2 aliphatic heterocycles. The second-order valence-electron chi connectivity index (χ2n) is 7.55. The molecule has 2 aromatic rings. The topological polar surface area (TPSA) is 109 Å². The number of hydrogen-bond donors (Lipinski definition) is 1. The van der Waals surface area contributed by atoms with Crippen molar-refractivity contribution in [2.45, 2.75) is 38.3 Å². The Kier molecular flexibility index (Phi) is 5.04. The SMILES string of the molecule is CC(=O)N1CCc2ccccc2C1CC(=O)N1CCC(n2cc(C(=O)O)nn2)C1. The fourth-order valence-electron chi connectivity index (χ4n) is 4.28. The molecule has 9 nitrogen and oxygen atoms in total. The van der Waals surface area contributed by atoms with Gasteiger partial charge in [0.25, 0.3) is 0 Å². The lowest BCUT2D eigenvalue weighted by Gasteiger charge is -2.37. The molecule has 0 aliphatic carbocycles. The smallest absolute Gasteiger partial charge is 0.358 e. The molecule has 1 N–H and O–H groups in total. The Bertz CT molecular complexity index is 956. The molecule has 1 aromatic heterocycles. The van der Waals surface area contributed by atoms with Gasteiger partial charge in [0.05, 0.1) is 24.7 Å². The average Bonchev–Trinajstić information content (AvgIpc) is 3.37. The standard InChI is InChI=1S/C20H23N5O4/c1-13(26)24-9-6-14-4-2-3-5-16(14)18(24)10-19(27)23-8-7-15(11-23)25-12-17(20(28)29)21-22-25/h2-5,12,15,18H,6-11H2,1H3,(H,28,29). The van der Waals surface area contributed by atoms with Crippen molar-refractivity contribution in [2.75, 3.05) is 19.6 Å². The van der Waals surface area contributed by atoms with E-state index in [0.717, 1.165) is 12.0 Å². The van der Waals surface area contributed by atoms with Crippen LogP contribution in [0.5, 0.6) is 0 Å². The van der Waals surface area contributed by atoms with E-state index < -0.39 is 5.97 Å². The van der Waals surface area contributed by atoms with Gasteiger partial charge in [-0.1, -0.05) is 29.5 Å². The summed E-state index contributed by atoms with van der Waals surface area (Å²) in [6, 6.07) is 7.63. The van der Waals surface area contributed by atoms with Gasteiger partial charge < -0.3 is 14.9 Å². The first-order chi connectivity index (χ1) is 13.9. The van der Waals surface area contributed by atoms with Crippen molar-refractivity contribution in [1.82, 2.24) is 24.8 Å². The van der Waals surface area contributed by atoms with E-state index >= 15 is 0 Å². The van der Waals surface area contributed by atoms with Crippen molar-refractivity contribution in [1.29, 1.82) is 0 Å². The normalized spacial score (nSPS) is 21.1. The summed E-state index contributed by atoms with van der Waals surface area (Å²) in [5.41, 5.74) is 2.12. The minimum Gasteiger partial charge on any atom is -0.476 e. The number of aromatic carboxylic acids is 1. The predicted octanol–water partition coefficient (Wildman–Crippen LogP) is 1.29. The summed E-state index contributed by atoms with van der Waals surface area (Å²) in [5.74, 6) is -1.16. The molecule has 0 radical (unpaired) electrons. The van der Waals surface area contributed by atoms with E-state index in [2.05, 4.69) is 16.4 Å². The lowest BCUT2D eigenvalue weighted by atomic mass is 9.90. The molecule has 2 unspecified atom stereocenters. The number of carbonyl (C=O) groups excluding carboxylic acids is 2. The number of aromatic nitrogens is 3. The lowest BCUT2D eigenvalue weighted by Crippen LogP contribution is -2.41. The molecule has 1 fully saturated rings. The van der Waals surface area contributed by atoms with Gasteiger partial charge in [0.2, 0.25) is 11.8 Å². The molecule has 1 saturated heterocycles. The number of carbonyl (C=O) groups is 3. The highest BCUT2D eigenvalue weighted by atomic mass is 16.4. The third kappa shape index (κ3) is 3.72. The van der Waals surface area contributed by atoms with Crippen molar-refractivity contribution >= 4 is 17.8 Å². The number of amides is 2. The van der Waals surface area contributed by atoms with Crippen LogP contribution in [0.15, 0.2) is 30.5 Å². The Morgan fingerprint density at radius 1 is 1.21 bits per heavy atom. The molecule has 2 aliphatic rings. The molecular weight excluding hydrogens is 374 g/mol. The molecule has 2 amide bonds. The Hall–Kier alpha value is -3.23. The molecule has 9 heteroatoms. The van der Waals surface area contributed by atoms with Gasteiger partial charge in [-0.15, -0.1) is 5.10 Å². The van der Waals surface area contributed by atoms with Crippen molar-refractivity contribution in [3.63, 3.8) is 0 Å². The van der Waals surface area contributed by atoms with Gasteiger partial charge in [0.1, 0.15) is 0 Å². The minimum atomic E-state index is -1.12. The fraction of sp³-hybridized carbons (Fsp3) is 0.450. The van der Waals surface area contributed by atoms with Gasteiger partial charge in [-0.2, -0.15) is 0 Å². The third-order valence-electron chi connectivity index (χ3n) is 5.80. The van der Waals surface area contributed by atoms with Gasteiger partial charge in [0.15, 0.2) is 5.69 Å². The number of likely N-dealkylation sites (tertiary alicyclic amines) is 1. The van der Waals surface area contributed by atoms with Crippen LogP contribution >= 0.6 is 0 Å². The Balaban J connectivity index is 1.47. The fourth-order valence-corrected chi connectivity index (χ4v) is 4.28. The predicted molar refractivity (Wildman–Crippen MR) is 102 cm³/mol. The molecule has 2 atom stereocenters. The maximum absolute atomic E-state index is 13.0. The summed E-state index contributed by atoms with van der Waals surface area (Å²) < 4.78 is 1.52. The second-order valence-corrected chi connectivity index (χ2v) is 7.55. The number of rotatable bonds is 4. The molecule has 0 bridgehead atoms. The van der Waals surface area contributed by atoms with Crippen molar-refractivity contribution in [2.24, 2.45) is 0 Å². The first-order valence-corrected chi connectivity index (χ1v) is 9.72. The molecule has 29 heavy (non-hydrogen) atoms. The third-order valence-corrected chi connectivity index (χ3v) is 5.80. The molecule has 3 heterocycles. The van der Waals surface area contributed by atoms with Crippen LogP contribution in [0.25, 0.3) is 0 Å². The zero-order valence-corrected chi connectivity index (χ0v) is 16.2. The summed E-state index contributed by atoms with van der Waals surface area (Å²) in [5, 5.41) is 16.5. The number of nitrogens with zero attached hydrogens (tertiary/aromatic N) is 5. The highest BCUT2D eigenvalue weighted by molar-refractivity contribution is 5.84. The molecule has 0 spiro atoms. The highest BCUT2D eigenvalue weighted by Crippen LogP contribution is 2.33. The maximum Gasteiger partial charge on any atom is 0.358 e. The lowest BCUT2D eigenvalue weighted by molar-refractivity contribution is -0.136. The molecular formula is C20H23N5O4. The average molecular weight is 397 g/mol. The summed E-state index contributed by atoms with van der Waals surface area (Å²) in [4.78, 5) is 39.7. The van der Waals surface area contributed by atoms with Crippen LogP contribution in [0.3, 0.4) is 0 Å². The summed E-state index contributed by atoms with van der Waals surface area (Å²) >= 11 is 0. The second kappa shape index (κ2) is 7.65. The van der Waals surface area contributed by atoms with Gasteiger partial charge in [-0.3, -0.25) is 9.59 Å². The first-order valence-electron chi connectivity index (χ1n) is 9.72. The van der Waals surface area contributed by atoms with Crippen LogP contribution in [-0.4, -0.2) is 67.3 Å². The first kappa shape index (κ1) is 19.1. The number of carboxylic acids is 1. The number of carboxylic acid groups (broad SMARTS) is 1. The molecule has 0 saturated carbocycles. The Morgan fingerprint density at radius 2 is 2.00 bits per heavy atom. The summed E-state index contributed by atoms with van der Waals surface area (Å²) in [7, 11) is 0. The zero-order valence-electron chi connectivity index (χ0n) is 16.2. The van der Waals surface area contributed by atoms with E-state index in [1.807, 2.05) is 18.2 Å². The van der Waals surface area contributed by atoms with E-state index in [4.69, 9.17) is 5.11 Å². The van der Waals surface area contributed by atoms with Gasteiger partial charge >= 0.3 is 5.97 Å². The minimum absolute atomic E-state index is 0.0148. The van der Waals surface area contributed by atoms with Crippen LogP contribution in [-0.2, 0) is 16.0 Å².